The predicted molar refractivity (Wildman–Crippen MR) is 94.9 cm³/mol. The summed E-state index contributed by atoms with van der Waals surface area (Å²) in [5.74, 6) is -0.379. The van der Waals surface area contributed by atoms with Crippen molar-refractivity contribution >= 4 is 10.9 Å². The number of halogens is 1. The Morgan fingerprint density at radius 3 is 2.88 bits per heavy atom. The lowest BCUT2D eigenvalue weighted by Gasteiger charge is -2.29. The molecule has 0 bridgehead atoms. The smallest absolute Gasteiger partial charge is 0.252 e. The van der Waals surface area contributed by atoms with Gasteiger partial charge in [0.25, 0.3) is 5.56 Å². The number of pyridine rings is 1. The predicted octanol–water partition coefficient (Wildman–Crippen LogP) is 2.59. The van der Waals surface area contributed by atoms with Crippen LogP contribution in [0.25, 0.3) is 10.9 Å². The van der Waals surface area contributed by atoms with Gasteiger partial charge in [-0.15, -0.1) is 0 Å². The second-order valence-electron chi connectivity index (χ2n) is 6.61. The number of fused-ring (bicyclic) bond motifs is 2. The summed E-state index contributed by atoms with van der Waals surface area (Å²) in [6.45, 7) is 0.304. The van der Waals surface area contributed by atoms with Crippen molar-refractivity contribution in [3.63, 3.8) is 0 Å². The molecule has 3 N–H and O–H groups in total. The van der Waals surface area contributed by atoms with Gasteiger partial charge in [-0.25, -0.2) is 4.39 Å². The molecule has 0 saturated carbocycles. The van der Waals surface area contributed by atoms with Crippen LogP contribution in [0.1, 0.15) is 23.1 Å². The van der Waals surface area contributed by atoms with E-state index in [1.165, 1.54) is 17.7 Å². The highest BCUT2D eigenvalue weighted by molar-refractivity contribution is 5.78. The molecule has 1 unspecified atom stereocenters. The quantitative estimate of drug-likeness (QED) is 0.685. The average molecular weight is 338 g/mol. The average Bonchev–Trinajstić information content (AvgIpc) is 2.99. The van der Waals surface area contributed by atoms with Crippen LogP contribution in [0.3, 0.4) is 0 Å². The number of H-pyrrole nitrogens is 1. The van der Waals surface area contributed by atoms with Gasteiger partial charge in [0.15, 0.2) is 0 Å². The van der Waals surface area contributed by atoms with Crippen LogP contribution in [0.4, 0.5) is 4.39 Å². The molecule has 0 saturated heterocycles. The number of aliphatic hydroxyl groups is 1. The van der Waals surface area contributed by atoms with Gasteiger partial charge >= 0.3 is 0 Å². The van der Waals surface area contributed by atoms with Crippen LogP contribution in [-0.2, 0) is 18.5 Å². The number of hydrogen-bond donors (Lipinski definition) is 3. The molecule has 0 amide bonds. The molecule has 128 valence electrons. The van der Waals surface area contributed by atoms with Gasteiger partial charge in [-0.3, -0.25) is 4.79 Å². The van der Waals surface area contributed by atoms with Crippen LogP contribution >= 0.6 is 0 Å². The van der Waals surface area contributed by atoms with Crippen molar-refractivity contribution in [1.82, 2.24) is 10.3 Å². The third-order valence-electron chi connectivity index (χ3n) is 5.13. The molecule has 0 aliphatic heterocycles. The van der Waals surface area contributed by atoms with E-state index in [-0.39, 0.29) is 18.0 Å². The standard InChI is InChI=1S/C20H19FN2O2/c21-16-6-5-14-9-15(19(25)23-18(14)10-16)11-22-20(12-24)8-7-13-3-1-2-4-17(13)20/h1-6,9-10,22,24H,7-8,11-12H2,(H,23,25). The lowest BCUT2D eigenvalue weighted by atomic mass is 9.92. The number of hydrogen-bond acceptors (Lipinski definition) is 3. The monoisotopic (exact) mass is 338 g/mol. The fraction of sp³-hybridized carbons (Fsp3) is 0.250. The number of rotatable bonds is 4. The second-order valence-corrected chi connectivity index (χ2v) is 6.61. The molecule has 1 aliphatic rings. The Morgan fingerprint density at radius 1 is 1.20 bits per heavy atom. The van der Waals surface area contributed by atoms with Crippen LogP contribution in [-0.4, -0.2) is 16.7 Å². The highest BCUT2D eigenvalue weighted by atomic mass is 19.1. The second kappa shape index (κ2) is 6.10. The highest BCUT2D eigenvalue weighted by Gasteiger charge is 2.37. The molecular weight excluding hydrogens is 319 g/mol. The van der Waals surface area contributed by atoms with Gasteiger partial charge in [0.05, 0.1) is 17.7 Å². The molecule has 0 radical (unpaired) electrons. The van der Waals surface area contributed by atoms with Crippen molar-refractivity contribution in [1.29, 1.82) is 0 Å². The summed E-state index contributed by atoms with van der Waals surface area (Å²) in [5, 5.41) is 14.2. The molecule has 1 aliphatic carbocycles. The minimum Gasteiger partial charge on any atom is -0.394 e. The van der Waals surface area contributed by atoms with Gasteiger partial charge in [0.1, 0.15) is 5.82 Å². The van der Waals surface area contributed by atoms with E-state index < -0.39 is 5.54 Å². The van der Waals surface area contributed by atoms with Crippen LogP contribution < -0.4 is 10.9 Å². The Morgan fingerprint density at radius 2 is 2.04 bits per heavy atom. The largest absolute Gasteiger partial charge is 0.394 e. The van der Waals surface area contributed by atoms with Crippen molar-refractivity contribution in [2.75, 3.05) is 6.61 Å². The summed E-state index contributed by atoms with van der Waals surface area (Å²) in [6.07, 6.45) is 1.69. The van der Waals surface area contributed by atoms with Gasteiger partial charge in [0, 0.05) is 12.1 Å². The van der Waals surface area contributed by atoms with Crippen LogP contribution in [0.5, 0.6) is 0 Å². The van der Waals surface area contributed by atoms with E-state index in [1.54, 1.807) is 12.1 Å². The fourth-order valence-corrected chi connectivity index (χ4v) is 3.71. The summed E-state index contributed by atoms with van der Waals surface area (Å²) < 4.78 is 13.3. The Bertz CT molecular complexity index is 998. The summed E-state index contributed by atoms with van der Waals surface area (Å²) in [7, 11) is 0. The van der Waals surface area contributed by atoms with Crippen molar-refractivity contribution in [3.8, 4) is 0 Å². The van der Waals surface area contributed by atoms with Crippen molar-refractivity contribution in [2.24, 2.45) is 0 Å². The zero-order valence-electron chi connectivity index (χ0n) is 13.7. The Kier molecular flexibility index (Phi) is 3.90. The van der Waals surface area contributed by atoms with E-state index in [0.29, 0.717) is 17.6 Å². The molecule has 5 heteroatoms. The van der Waals surface area contributed by atoms with E-state index in [0.717, 1.165) is 23.8 Å². The summed E-state index contributed by atoms with van der Waals surface area (Å²) >= 11 is 0. The first kappa shape index (κ1) is 16.0. The van der Waals surface area contributed by atoms with Crippen molar-refractivity contribution in [3.05, 3.63) is 81.4 Å². The molecule has 4 nitrogen and oxygen atoms in total. The maximum atomic E-state index is 13.3. The van der Waals surface area contributed by atoms with Gasteiger partial charge in [-0.05, 0) is 53.6 Å². The Balaban J connectivity index is 1.65. The molecule has 25 heavy (non-hydrogen) atoms. The van der Waals surface area contributed by atoms with Gasteiger partial charge in [0.2, 0.25) is 0 Å². The minimum absolute atomic E-state index is 0.0271. The lowest BCUT2D eigenvalue weighted by Crippen LogP contribution is -2.44. The van der Waals surface area contributed by atoms with E-state index >= 15 is 0 Å². The molecule has 0 fully saturated rings. The van der Waals surface area contributed by atoms with Crippen LogP contribution in [0.15, 0.2) is 53.3 Å². The topological polar surface area (TPSA) is 65.1 Å². The summed E-state index contributed by atoms with van der Waals surface area (Å²) in [6, 6.07) is 14.2. The van der Waals surface area contributed by atoms with E-state index in [2.05, 4.69) is 16.4 Å². The first-order valence-electron chi connectivity index (χ1n) is 8.37. The number of aliphatic hydroxyl groups excluding tert-OH is 1. The third-order valence-corrected chi connectivity index (χ3v) is 5.13. The molecule has 1 heterocycles. The van der Waals surface area contributed by atoms with Crippen molar-refractivity contribution < 1.29 is 9.50 Å². The molecular formula is C20H19FN2O2. The molecule has 1 aromatic heterocycles. The summed E-state index contributed by atoms with van der Waals surface area (Å²) in [4.78, 5) is 15.0. The highest BCUT2D eigenvalue weighted by Crippen LogP contribution is 2.36. The molecule has 3 aromatic rings. The number of benzene rings is 2. The van der Waals surface area contributed by atoms with Gasteiger partial charge < -0.3 is 15.4 Å². The Hall–Kier alpha value is -2.50. The van der Waals surface area contributed by atoms with E-state index in [4.69, 9.17) is 0 Å². The molecule has 1 atom stereocenters. The third kappa shape index (κ3) is 2.75. The molecule has 0 spiro atoms. The number of aryl methyl sites for hydroxylation is 1. The van der Waals surface area contributed by atoms with Crippen LogP contribution in [0.2, 0.25) is 0 Å². The Labute approximate surface area is 144 Å². The number of nitrogens with one attached hydrogen (secondary N) is 2. The number of aromatic nitrogens is 1. The summed E-state index contributed by atoms with van der Waals surface area (Å²) in [5.41, 5.74) is 2.60. The van der Waals surface area contributed by atoms with E-state index in [1.807, 2.05) is 18.2 Å². The van der Waals surface area contributed by atoms with E-state index in [9.17, 15) is 14.3 Å². The lowest BCUT2D eigenvalue weighted by molar-refractivity contribution is 0.158. The molecule has 4 rings (SSSR count). The first-order valence-corrected chi connectivity index (χ1v) is 8.37. The fourth-order valence-electron chi connectivity index (χ4n) is 3.71. The first-order chi connectivity index (χ1) is 12.1. The van der Waals surface area contributed by atoms with Crippen molar-refractivity contribution in [2.45, 2.75) is 24.9 Å². The minimum atomic E-state index is -0.527. The molecule has 2 aromatic carbocycles. The van der Waals surface area contributed by atoms with Crippen LogP contribution in [0, 0.1) is 5.82 Å². The number of aromatic amines is 1. The van der Waals surface area contributed by atoms with Gasteiger partial charge in [-0.2, -0.15) is 0 Å². The van der Waals surface area contributed by atoms with Gasteiger partial charge in [-0.1, -0.05) is 24.3 Å². The zero-order chi connectivity index (χ0) is 17.4. The normalized spacial score (nSPS) is 19.3. The SMILES string of the molecule is O=c1[nH]c2cc(F)ccc2cc1CNC1(CO)CCc2ccccc21. The maximum absolute atomic E-state index is 13.3. The zero-order valence-corrected chi connectivity index (χ0v) is 13.7. The maximum Gasteiger partial charge on any atom is 0.252 e.